The number of nitrogens with zero attached hydrogens (tertiary/aromatic N) is 2. The van der Waals surface area contributed by atoms with Crippen LogP contribution >= 0.6 is 0 Å². The van der Waals surface area contributed by atoms with Gasteiger partial charge >= 0.3 is 0 Å². The Morgan fingerprint density at radius 1 is 1.04 bits per heavy atom. The maximum Gasteiger partial charge on any atom is 0.285 e. The zero-order chi connectivity index (χ0) is 18.2. The molecule has 0 unspecified atom stereocenters. The lowest BCUT2D eigenvalue weighted by Crippen LogP contribution is -2.35. The van der Waals surface area contributed by atoms with E-state index in [1.165, 1.54) is 12.4 Å². The van der Waals surface area contributed by atoms with E-state index in [1.54, 1.807) is 17.0 Å². The van der Waals surface area contributed by atoms with E-state index in [0.717, 1.165) is 16.7 Å². The number of hydrogen-bond donors (Lipinski definition) is 1. The second-order valence-corrected chi connectivity index (χ2v) is 7.82. The minimum atomic E-state index is -3.70. The molecular weight excluding hydrogens is 338 g/mol. The summed E-state index contributed by atoms with van der Waals surface area (Å²) in [5, 5.41) is 2.85. The summed E-state index contributed by atoms with van der Waals surface area (Å²) in [6, 6.07) is 10.8. The van der Waals surface area contributed by atoms with Crippen LogP contribution < -0.4 is 10.2 Å². The van der Waals surface area contributed by atoms with Gasteiger partial charge in [0.25, 0.3) is 10.0 Å². The zero-order valence-corrected chi connectivity index (χ0v) is 15.1. The van der Waals surface area contributed by atoms with E-state index in [4.69, 9.17) is 0 Å². The third kappa shape index (κ3) is 3.71. The first-order chi connectivity index (χ1) is 11.7. The van der Waals surface area contributed by atoms with Crippen LogP contribution in [0.4, 0.5) is 11.4 Å². The summed E-state index contributed by atoms with van der Waals surface area (Å²) >= 11 is 0. The molecule has 1 heterocycles. The molecule has 1 amide bonds. The van der Waals surface area contributed by atoms with Gasteiger partial charge in [0, 0.05) is 5.69 Å². The minimum absolute atomic E-state index is 0.0253. The topological polar surface area (TPSA) is 78.8 Å². The Balaban J connectivity index is 1.83. The number of sulfonamides is 1. The summed E-state index contributed by atoms with van der Waals surface area (Å²) in [6.45, 7) is 5.77. The van der Waals surface area contributed by atoms with Crippen molar-refractivity contribution in [1.82, 2.24) is 0 Å². The van der Waals surface area contributed by atoms with E-state index in [0.29, 0.717) is 11.4 Å². The number of carbonyl (C=O) groups is 1. The van der Waals surface area contributed by atoms with Crippen molar-refractivity contribution in [3.05, 3.63) is 53.1 Å². The molecule has 2 aromatic carbocycles. The van der Waals surface area contributed by atoms with E-state index in [2.05, 4.69) is 9.71 Å². The first kappa shape index (κ1) is 17.2. The monoisotopic (exact) mass is 357 g/mol. The van der Waals surface area contributed by atoms with Crippen molar-refractivity contribution in [3.8, 4) is 0 Å². The molecule has 0 saturated heterocycles. The van der Waals surface area contributed by atoms with Crippen LogP contribution in [0.3, 0.4) is 0 Å². The third-order valence-corrected chi connectivity index (χ3v) is 5.12. The highest BCUT2D eigenvalue weighted by Gasteiger charge is 2.26. The molecule has 7 heteroatoms. The van der Waals surface area contributed by atoms with E-state index in [9.17, 15) is 13.2 Å². The Morgan fingerprint density at radius 3 is 2.40 bits per heavy atom. The maximum absolute atomic E-state index is 12.4. The molecule has 1 N–H and O–H groups in total. The quantitative estimate of drug-likeness (QED) is 0.916. The van der Waals surface area contributed by atoms with Gasteiger partial charge in [0.15, 0.2) is 0 Å². The molecule has 0 aromatic heterocycles. The van der Waals surface area contributed by atoms with Gasteiger partial charge in [0.2, 0.25) is 5.91 Å². The van der Waals surface area contributed by atoms with Crippen molar-refractivity contribution < 1.29 is 13.2 Å². The predicted molar refractivity (Wildman–Crippen MR) is 98.7 cm³/mol. The minimum Gasteiger partial charge on any atom is -0.325 e. The number of amides is 1. The van der Waals surface area contributed by atoms with Crippen molar-refractivity contribution in [2.24, 2.45) is 4.40 Å². The van der Waals surface area contributed by atoms with Crippen molar-refractivity contribution in [1.29, 1.82) is 0 Å². The molecule has 1 aliphatic rings. The second kappa shape index (κ2) is 6.33. The first-order valence-electron chi connectivity index (χ1n) is 7.80. The number of rotatable bonds is 3. The van der Waals surface area contributed by atoms with Crippen LogP contribution in [0, 0.1) is 20.8 Å². The fourth-order valence-electron chi connectivity index (χ4n) is 2.84. The van der Waals surface area contributed by atoms with Crippen LogP contribution in [0.2, 0.25) is 0 Å². The van der Waals surface area contributed by atoms with E-state index in [-0.39, 0.29) is 17.3 Å². The molecule has 0 radical (unpaired) electrons. The van der Waals surface area contributed by atoms with Gasteiger partial charge in [-0.05, 0) is 61.7 Å². The number of aryl methyl sites for hydroxylation is 3. The predicted octanol–water partition coefficient (Wildman–Crippen LogP) is 2.79. The molecule has 0 saturated carbocycles. The smallest absolute Gasteiger partial charge is 0.285 e. The van der Waals surface area contributed by atoms with Crippen molar-refractivity contribution in [2.45, 2.75) is 25.7 Å². The van der Waals surface area contributed by atoms with Crippen LogP contribution in [-0.4, -0.2) is 27.2 Å². The number of carbonyl (C=O) groups excluding carboxylic acids is 1. The summed E-state index contributed by atoms with van der Waals surface area (Å²) in [5.41, 5.74) is 4.20. The molecule has 0 fully saturated rings. The zero-order valence-electron chi connectivity index (χ0n) is 14.3. The van der Waals surface area contributed by atoms with Gasteiger partial charge in [-0.2, -0.15) is 8.42 Å². The Bertz CT molecular complexity index is 961. The van der Waals surface area contributed by atoms with Crippen LogP contribution in [0.5, 0.6) is 0 Å². The molecule has 6 nitrogen and oxygen atoms in total. The number of anilines is 2. The summed E-state index contributed by atoms with van der Waals surface area (Å²) in [5.74, 6) is -0.247. The standard InChI is InChI=1S/C18H19N3O3S/c1-12-4-5-17-16(9-12)21(11-19-25(17,23)24)10-18(22)20-15-7-13(2)6-14(3)8-15/h4-9,11H,10H2,1-3H3,(H,20,22). The molecule has 2 aromatic rings. The number of fused-ring (bicyclic) bond motifs is 1. The fraction of sp³-hybridized carbons (Fsp3) is 0.222. The Kier molecular flexibility index (Phi) is 4.34. The van der Waals surface area contributed by atoms with Crippen LogP contribution in [0.15, 0.2) is 45.7 Å². The largest absolute Gasteiger partial charge is 0.325 e. The molecule has 3 rings (SSSR count). The molecule has 0 spiro atoms. The summed E-state index contributed by atoms with van der Waals surface area (Å²) in [4.78, 5) is 14.0. The molecule has 0 aliphatic carbocycles. The molecule has 0 atom stereocenters. The van der Waals surface area contributed by atoms with Crippen LogP contribution in [-0.2, 0) is 14.8 Å². The van der Waals surface area contributed by atoms with Gasteiger partial charge in [-0.1, -0.05) is 12.1 Å². The number of benzene rings is 2. The average Bonchev–Trinajstić information content (AvgIpc) is 2.49. The van der Waals surface area contributed by atoms with Gasteiger partial charge in [0.05, 0.1) is 5.69 Å². The van der Waals surface area contributed by atoms with Gasteiger partial charge in [-0.3, -0.25) is 4.79 Å². The van der Waals surface area contributed by atoms with Gasteiger partial charge in [-0.15, -0.1) is 4.40 Å². The lowest BCUT2D eigenvalue weighted by Gasteiger charge is -2.25. The first-order valence-corrected chi connectivity index (χ1v) is 9.24. The summed E-state index contributed by atoms with van der Waals surface area (Å²) < 4.78 is 27.7. The fourth-order valence-corrected chi connectivity index (χ4v) is 3.87. The highest BCUT2D eigenvalue weighted by molar-refractivity contribution is 7.90. The highest BCUT2D eigenvalue weighted by Crippen LogP contribution is 2.30. The van der Waals surface area contributed by atoms with Crippen molar-refractivity contribution in [3.63, 3.8) is 0 Å². The molecule has 130 valence electrons. The lowest BCUT2D eigenvalue weighted by atomic mass is 10.1. The molecule has 1 aliphatic heterocycles. The third-order valence-electron chi connectivity index (χ3n) is 3.85. The molecule has 0 bridgehead atoms. The normalized spacial score (nSPS) is 14.9. The average molecular weight is 357 g/mol. The van der Waals surface area contributed by atoms with Crippen molar-refractivity contribution >= 4 is 33.6 Å². The van der Waals surface area contributed by atoms with Crippen LogP contribution in [0.25, 0.3) is 0 Å². The van der Waals surface area contributed by atoms with E-state index >= 15 is 0 Å². The van der Waals surface area contributed by atoms with Crippen molar-refractivity contribution in [2.75, 3.05) is 16.8 Å². The van der Waals surface area contributed by atoms with Crippen LogP contribution in [0.1, 0.15) is 16.7 Å². The summed E-state index contributed by atoms with van der Waals surface area (Å²) in [7, 11) is -3.70. The summed E-state index contributed by atoms with van der Waals surface area (Å²) in [6.07, 6.45) is 1.19. The Labute approximate surface area is 147 Å². The SMILES string of the molecule is Cc1cc(C)cc(NC(=O)CN2C=NS(=O)(=O)c3ccc(C)cc32)c1. The van der Waals surface area contributed by atoms with E-state index in [1.807, 2.05) is 39.0 Å². The second-order valence-electron chi connectivity index (χ2n) is 6.22. The Morgan fingerprint density at radius 2 is 1.72 bits per heavy atom. The lowest BCUT2D eigenvalue weighted by molar-refractivity contribution is -0.114. The highest BCUT2D eigenvalue weighted by atomic mass is 32.2. The number of hydrogen-bond acceptors (Lipinski definition) is 4. The Hall–Kier alpha value is -2.67. The van der Waals surface area contributed by atoms with Gasteiger partial charge < -0.3 is 10.2 Å². The van der Waals surface area contributed by atoms with Gasteiger partial charge in [-0.25, -0.2) is 0 Å². The van der Waals surface area contributed by atoms with Gasteiger partial charge in [0.1, 0.15) is 17.8 Å². The van der Waals surface area contributed by atoms with E-state index < -0.39 is 10.0 Å². The maximum atomic E-state index is 12.4. The molecule has 25 heavy (non-hydrogen) atoms. The molecular formula is C18H19N3O3S. The number of nitrogens with one attached hydrogen (secondary N) is 1.